The van der Waals surface area contributed by atoms with Crippen LogP contribution in [0.5, 0.6) is 0 Å². The Morgan fingerprint density at radius 2 is 1.77 bits per heavy atom. The van der Waals surface area contributed by atoms with Crippen molar-refractivity contribution in [3.63, 3.8) is 0 Å². The molecule has 2 fully saturated rings. The number of hydrogen-bond acceptors (Lipinski definition) is 4. The summed E-state index contributed by atoms with van der Waals surface area (Å²) >= 11 is 0. The third kappa shape index (κ3) is 4.93. The lowest BCUT2D eigenvalue weighted by atomic mass is 9.72. The summed E-state index contributed by atoms with van der Waals surface area (Å²) in [7, 11) is 0. The number of carbonyl (C=O) groups excluding carboxylic acids is 1. The maximum Gasteiger partial charge on any atom is 0.425 e. The summed E-state index contributed by atoms with van der Waals surface area (Å²) in [4.78, 5) is 15.2. The van der Waals surface area contributed by atoms with Crippen molar-refractivity contribution >= 4 is 11.8 Å². The number of nitrogens with two attached hydrogens (primary N) is 1. The van der Waals surface area contributed by atoms with Crippen LogP contribution >= 0.6 is 0 Å². The lowest BCUT2D eigenvalue weighted by Crippen LogP contribution is -2.60. The quantitative estimate of drug-likeness (QED) is 0.565. The van der Waals surface area contributed by atoms with Crippen molar-refractivity contribution in [3.05, 3.63) is 29.3 Å². The second-order valence-corrected chi connectivity index (χ2v) is 8.11. The lowest BCUT2D eigenvalue weighted by molar-refractivity contribution is -0.200. The van der Waals surface area contributed by atoms with E-state index in [0.29, 0.717) is 51.1 Å². The fraction of sp³-hybridized carbons (Fsp3) is 0.632. The Balaban J connectivity index is 1.48. The zero-order chi connectivity index (χ0) is 22.3. The molecule has 1 aromatic carbocycles. The zero-order valence-electron chi connectivity index (χ0n) is 16.3. The number of rotatable bonds is 3. The number of halogens is 6. The van der Waals surface area contributed by atoms with E-state index in [1.165, 1.54) is 11.0 Å². The largest absolute Gasteiger partial charge is 0.437 e. The molecule has 1 unspecified atom stereocenters. The molecular weight excluding hydrogens is 416 g/mol. The minimum atomic E-state index is -4.60. The minimum Gasteiger partial charge on any atom is -0.437 e. The molecule has 2 heterocycles. The number of carbonyl (C=O) groups is 1. The van der Waals surface area contributed by atoms with E-state index in [2.05, 4.69) is 9.64 Å². The zero-order valence-corrected chi connectivity index (χ0v) is 16.3. The third-order valence-corrected chi connectivity index (χ3v) is 5.81. The highest BCUT2D eigenvalue weighted by Gasteiger charge is 2.46. The van der Waals surface area contributed by atoms with Crippen LogP contribution in [0.3, 0.4) is 0 Å². The van der Waals surface area contributed by atoms with Crippen molar-refractivity contribution < 1.29 is 35.9 Å². The molecule has 0 aromatic heterocycles. The first-order chi connectivity index (χ1) is 13.8. The van der Waals surface area contributed by atoms with Crippen molar-refractivity contribution in [2.75, 3.05) is 31.9 Å². The summed E-state index contributed by atoms with van der Waals surface area (Å²) in [5.74, 6) is 0. The van der Waals surface area contributed by atoms with E-state index in [9.17, 15) is 31.1 Å². The molecule has 2 aliphatic rings. The van der Waals surface area contributed by atoms with E-state index < -0.39 is 30.1 Å². The molecule has 0 aliphatic carbocycles. The van der Waals surface area contributed by atoms with Gasteiger partial charge in [0.2, 0.25) is 0 Å². The van der Waals surface area contributed by atoms with E-state index in [1.54, 1.807) is 0 Å². The number of ether oxygens (including phenoxy) is 1. The van der Waals surface area contributed by atoms with E-state index >= 15 is 0 Å². The number of likely N-dealkylation sites (tertiary alicyclic amines) is 2. The maximum absolute atomic E-state index is 12.7. The Labute approximate surface area is 169 Å². The van der Waals surface area contributed by atoms with Crippen molar-refractivity contribution in [1.82, 2.24) is 9.80 Å². The Bertz CT molecular complexity index is 779. The van der Waals surface area contributed by atoms with Crippen LogP contribution in [0.4, 0.5) is 36.8 Å². The standard InChI is InChI=1S/C19H23F6N3O2/c1-12(18(20,21)22)30-16(29)28-6-4-17(5-7-28)10-27(11-17)9-13-2-3-14(8-15(13)26)19(23,24)25/h2-3,8,12H,4-7,9-11,26H2,1H3. The fourth-order valence-corrected chi connectivity index (χ4v) is 3.94. The molecule has 0 radical (unpaired) electrons. The van der Waals surface area contributed by atoms with Crippen LogP contribution < -0.4 is 5.73 Å². The number of nitrogens with zero attached hydrogens (tertiary/aromatic N) is 2. The van der Waals surface area contributed by atoms with Crippen LogP contribution in [-0.4, -0.2) is 54.4 Å². The van der Waals surface area contributed by atoms with Crippen LogP contribution in [-0.2, 0) is 17.5 Å². The van der Waals surface area contributed by atoms with Gasteiger partial charge in [-0.3, -0.25) is 4.90 Å². The molecule has 1 atom stereocenters. The van der Waals surface area contributed by atoms with Gasteiger partial charge in [0.1, 0.15) is 0 Å². The number of benzene rings is 1. The van der Waals surface area contributed by atoms with Crippen LogP contribution in [0.25, 0.3) is 0 Å². The number of piperidine rings is 1. The van der Waals surface area contributed by atoms with E-state index in [-0.39, 0.29) is 11.1 Å². The summed E-state index contributed by atoms with van der Waals surface area (Å²) in [5, 5.41) is 0. The number of alkyl halides is 6. The smallest absolute Gasteiger partial charge is 0.425 e. The van der Waals surface area contributed by atoms with Crippen LogP contribution in [0.2, 0.25) is 0 Å². The average Bonchev–Trinajstić information content (AvgIpc) is 2.60. The van der Waals surface area contributed by atoms with Gasteiger partial charge in [-0.2, -0.15) is 26.3 Å². The SMILES string of the molecule is CC(OC(=O)N1CCC2(CC1)CN(Cc1ccc(C(F)(F)F)cc1N)C2)C(F)(F)F. The summed E-state index contributed by atoms with van der Waals surface area (Å²) in [6.07, 6.45) is -10.9. The first kappa shape index (κ1) is 22.5. The van der Waals surface area contributed by atoms with Crippen molar-refractivity contribution in [2.45, 2.75) is 44.8 Å². The molecular formula is C19H23F6N3O2. The van der Waals surface area contributed by atoms with Crippen LogP contribution in [0.15, 0.2) is 18.2 Å². The Kier molecular flexibility index (Phi) is 5.87. The van der Waals surface area contributed by atoms with Gasteiger partial charge in [-0.1, -0.05) is 6.07 Å². The molecule has 30 heavy (non-hydrogen) atoms. The lowest BCUT2D eigenvalue weighted by Gasteiger charge is -2.54. The number of nitrogen functional groups attached to an aromatic ring is 1. The summed E-state index contributed by atoms with van der Waals surface area (Å²) in [6, 6.07) is 3.31. The van der Waals surface area contributed by atoms with E-state index in [1.807, 2.05) is 0 Å². The molecule has 0 bridgehead atoms. The van der Waals surface area contributed by atoms with Gasteiger partial charge < -0.3 is 15.4 Å². The van der Waals surface area contributed by atoms with Crippen molar-refractivity contribution in [2.24, 2.45) is 5.41 Å². The molecule has 0 saturated carbocycles. The maximum atomic E-state index is 12.7. The predicted molar refractivity (Wildman–Crippen MR) is 96.4 cm³/mol. The number of anilines is 1. The molecule has 3 rings (SSSR count). The molecule has 2 aliphatic heterocycles. The number of amides is 1. The summed E-state index contributed by atoms with van der Waals surface area (Å²) in [5.41, 5.74) is 5.63. The molecule has 11 heteroatoms. The Morgan fingerprint density at radius 3 is 2.27 bits per heavy atom. The second-order valence-electron chi connectivity index (χ2n) is 8.11. The second kappa shape index (κ2) is 7.82. The first-order valence-electron chi connectivity index (χ1n) is 9.49. The van der Waals surface area contributed by atoms with Crippen LogP contribution in [0.1, 0.15) is 30.9 Å². The summed E-state index contributed by atoms with van der Waals surface area (Å²) < 4.78 is 80.3. The van der Waals surface area contributed by atoms with Gasteiger partial charge in [0.25, 0.3) is 0 Å². The van der Waals surface area contributed by atoms with E-state index in [0.717, 1.165) is 19.1 Å². The molecule has 1 amide bonds. The fourth-order valence-electron chi connectivity index (χ4n) is 3.94. The van der Waals surface area contributed by atoms with Gasteiger partial charge in [0.15, 0.2) is 6.10 Å². The molecule has 168 valence electrons. The first-order valence-corrected chi connectivity index (χ1v) is 9.49. The van der Waals surface area contributed by atoms with Gasteiger partial charge in [-0.25, -0.2) is 4.79 Å². The highest BCUT2D eigenvalue weighted by atomic mass is 19.4. The van der Waals surface area contributed by atoms with Crippen molar-refractivity contribution in [1.29, 1.82) is 0 Å². The Hall–Kier alpha value is -2.17. The topological polar surface area (TPSA) is 58.8 Å². The molecule has 2 saturated heterocycles. The normalized spacial score (nSPS) is 20.7. The van der Waals surface area contributed by atoms with Gasteiger partial charge in [-0.05, 0) is 42.9 Å². The monoisotopic (exact) mass is 439 g/mol. The molecule has 1 spiro atoms. The molecule has 5 nitrogen and oxygen atoms in total. The molecule has 2 N–H and O–H groups in total. The van der Waals surface area contributed by atoms with Gasteiger partial charge in [0.05, 0.1) is 5.56 Å². The minimum absolute atomic E-state index is 0.0485. The average molecular weight is 439 g/mol. The van der Waals surface area contributed by atoms with Gasteiger partial charge in [0, 0.05) is 38.4 Å². The predicted octanol–water partition coefficient (Wildman–Crippen LogP) is 4.27. The van der Waals surface area contributed by atoms with Gasteiger partial charge >= 0.3 is 18.4 Å². The molecule has 1 aromatic rings. The number of hydrogen-bond donors (Lipinski definition) is 1. The Morgan fingerprint density at radius 1 is 1.17 bits per heavy atom. The van der Waals surface area contributed by atoms with Crippen molar-refractivity contribution in [3.8, 4) is 0 Å². The van der Waals surface area contributed by atoms with Gasteiger partial charge in [-0.15, -0.1) is 0 Å². The third-order valence-electron chi connectivity index (χ3n) is 5.81. The summed E-state index contributed by atoms with van der Waals surface area (Å²) in [6.45, 7) is 3.20. The van der Waals surface area contributed by atoms with Crippen LogP contribution in [0, 0.1) is 5.41 Å². The highest BCUT2D eigenvalue weighted by Crippen LogP contribution is 2.42. The highest BCUT2D eigenvalue weighted by molar-refractivity contribution is 5.68. The van der Waals surface area contributed by atoms with E-state index in [4.69, 9.17) is 5.73 Å².